The fourth-order valence-electron chi connectivity index (χ4n) is 1.68. The van der Waals surface area contributed by atoms with E-state index in [1.165, 1.54) is 11.8 Å². The third-order valence-electron chi connectivity index (χ3n) is 2.68. The monoisotopic (exact) mass is 278 g/mol. The largest absolute Gasteiger partial charge is 0.493 e. The second kappa shape index (κ2) is 6.00. The van der Waals surface area contributed by atoms with Gasteiger partial charge in [-0.1, -0.05) is 0 Å². The molecule has 0 N–H and O–H groups in total. The maximum Gasteiger partial charge on any atom is 0.327 e. The van der Waals surface area contributed by atoms with Crippen molar-refractivity contribution in [1.29, 1.82) is 0 Å². The number of carbonyl (C=O) groups is 1. The topological polar surface area (TPSA) is 88.4 Å². The van der Waals surface area contributed by atoms with E-state index in [0.717, 1.165) is 0 Å². The summed E-state index contributed by atoms with van der Waals surface area (Å²) >= 11 is 0. The maximum absolute atomic E-state index is 11.3. The van der Waals surface area contributed by atoms with Crippen LogP contribution in [0.5, 0.6) is 11.5 Å². The molecule has 20 heavy (non-hydrogen) atoms. The minimum Gasteiger partial charge on any atom is -0.493 e. The molecule has 0 radical (unpaired) electrons. The first-order chi connectivity index (χ1) is 9.69. The smallest absolute Gasteiger partial charge is 0.327 e. The Morgan fingerprint density at radius 3 is 2.60 bits per heavy atom. The normalized spacial score (nSPS) is 10.2. The molecule has 0 fully saturated rings. The standard InChI is InChI=1S/C12H14N4O4/c1-18-9-5-4-8(6-10(9)19-2)12-13-14-15-16(12)7-11(17)20-3/h4-6H,7H2,1-3H3. The van der Waals surface area contributed by atoms with Crippen LogP contribution in [-0.2, 0) is 16.1 Å². The number of esters is 1. The van der Waals surface area contributed by atoms with Gasteiger partial charge in [0.15, 0.2) is 17.3 Å². The first-order valence-electron chi connectivity index (χ1n) is 5.75. The molecule has 0 aliphatic heterocycles. The van der Waals surface area contributed by atoms with Crippen LogP contribution in [0.3, 0.4) is 0 Å². The average Bonchev–Trinajstić information content (AvgIpc) is 2.94. The van der Waals surface area contributed by atoms with Crippen molar-refractivity contribution in [2.45, 2.75) is 6.54 Å². The summed E-state index contributed by atoms with van der Waals surface area (Å²) in [5, 5.41) is 11.2. The van der Waals surface area contributed by atoms with E-state index in [-0.39, 0.29) is 6.54 Å². The summed E-state index contributed by atoms with van der Waals surface area (Å²) in [7, 11) is 4.40. The second-order valence-electron chi connectivity index (χ2n) is 3.81. The van der Waals surface area contributed by atoms with E-state index in [9.17, 15) is 4.79 Å². The fraction of sp³-hybridized carbons (Fsp3) is 0.333. The Hall–Kier alpha value is -2.64. The van der Waals surface area contributed by atoms with E-state index in [0.29, 0.717) is 22.9 Å². The maximum atomic E-state index is 11.3. The summed E-state index contributed by atoms with van der Waals surface area (Å²) in [6.45, 7) is -0.0623. The van der Waals surface area contributed by atoms with Gasteiger partial charge in [0, 0.05) is 5.56 Å². The van der Waals surface area contributed by atoms with Crippen LogP contribution in [-0.4, -0.2) is 47.5 Å². The van der Waals surface area contributed by atoms with Crippen LogP contribution in [0.2, 0.25) is 0 Å². The number of nitrogens with zero attached hydrogens (tertiary/aromatic N) is 4. The SMILES string of the molecule is COC(=O)Cn1nnnc1-c1ccc(OC)c(OC)c1. The lowest BCUT2D eigenvalue weighted by atomic mass is 10.2. The van der Waals surface area contributed by atoms with Gasteiger partial charge in [0.2, 0.25) is 0 Å². The highest BCUT2D eigenvalue weighted by atomic mass is 16.5. The summed E-state index contributed by atoms with van der Waals surface area (Å²) in [6, 6.07) is 5.25. The van der Waals surface area contributed by atoms with Crippen molar-refractivity contribution in [3.63, 3.8) is 0 Å². The molecule has 0 atom stereocenters. The van der Waals surface area contributed by atoms with Crippen LogP contribution in [0.1, 0.15) is 0 Å². The highest BCUT2D eigenvalue weighted by Gasteiger charge is 2.14. The first kappa shape index (κ1) is 13.8. The van der Waals surface area contributed by atoms with Crippen molar-refractivity contribution in [3.8, 4) is 22.9 Å². The molecule has 0 spiro atoms. The van der Waals surface area contributed by atoms with Crippen molar-refractivity contribution in [1.82, 2.24) is 20.2 Å². The fourth-order valence-corrected chi connectivity index (χ4v) is 1.68. The number of methoxy groups -OCH3 is 3. The highest BCUT2D eigenvalue weighted by Crippen LogP contribution is 2.31. The van der Waals surface area contributed by atoms with Crippen LogP contribution in [0.25, 0.3) is 11.4 Å². The van der Waals surface area contributed by atoms with Gasteiger partial charge in [-0.25, -0.2) is 4.68 Å². The van der Waals surface area contributed by atoms with Crippen LogP contribution in [0.15, 0.2) is 18.2 Å². The van der Waals surface area contributed by atoms with Gasteiger partial charge >= 0.3 is 5.97 Å². The van der Waals surface area contributed by atoms with Crippen molar-refractivity contribution >= 4 is 5.97 Å². The lowest BCUT2D eigenvalue weighted by Gasteiger charge is -2.09. The van der Waals surface area contributed by atoms with Crippen molar-refractivity contribution in [2.75, 3.05) is 21.3 Å². The van der Waals surface area contributed by atoms with Crippen LogP contribution < -0.4 is 9.47 Å². The number of carbonyl (C=O) groups excluding carboxylic acids is 1. The van der Waals surface area contributed by atoms with Gasteiger partial charge in [-0.3, -0.25) is 4.79 Å². The zero-order valence-electron chi connectivity index (χ0n) is 11.4. The molecule has 0 saturated carbocycles. The van der Waals surface area contributed by atoms with Gasteiger partial charge in [-0.15, -0.1) is 5.10 Å². The van der Waals surface area contributed by atoms with Gasteiger partial charge in [-0.05, 0) is 28.6 Å². The molecule has 1 aromatic carbocycles. The highest BCUT2D eigenvalue weighted by molar-refractivity contribution is 5.70. The zero-order chi connectivity index (χ0) is 14.5. The Balaban J connectivity index is 2.37. The van der Waals surface area contributed by atoms with Gasteiger partial charge in [0.05, 0.1) is 21.3 Å². The Bertz CT molecular complexity index is 611. The number of hydrogen-bond acceptors (Lipinski definition) is 7. The first-order valence-corrected chi connectivity index (χ1v) is 5.75. The Labute approximate surface area is 115 Å². The predicted octanol–water partition coefficient (Wildman–Crippen LogP) is 0.530. The van der Waals surface area contributed by atoms with Gasteiger partial charge < -0.3 is 14.2 Å². The van der Waals surface area contributed by atoms with Crippen LogP contribution >= 0.6 is 0 Å². The second-order valence-corrected chi connectivity index (χ2v) is 3.81. The molecule has 0 amide bonds. The number of rotatable bonds is 5. The summed E-state index contributed by atoms with van der Waals surface area (Å²) in [6.07, 6.45) is 0. The summed E-state index contributed by atoms with van der Waals surface area (Å²) in [5.41, 5.74) is 0.705. The molecule has 0 saturated heterocycles. The molecule has 0 bridgehead atoms. The lowest BCUT2D eigenvalue weighted by molar-refractivity contribution is -0.141. The minimum absolute atomic E-state index is 0.0623. The number of benzene rings is 1. The summed E-state index contributed by atoms with van der Waals surface area (Å²) in [5.74, 6) is 1.16. The third kappa shape index (κ3) is 2.68. The van der Waals surface area contributed by atoms with E-state index in [1.807, 2.05) is 0 Å². The molecule has 8 nitrogen and oxygen atoms in total. The zero-order valence-corrected chi connectivity index (χ0v) is 11.4. The molecule has 0 aliphatic rings. The van der Waals surface area contributed by atoms with E-state index >= 15 is 0 Å². The van der Waals surface area contributed by atoms with Gasteiger partial charge in [-0.2, -0.15) is 0 Å². The van der Waals surface area contributed by atoms with E-state index in [4.69, 9.17) is 9.47 Å². The Morgan fingerprint density at radius 1 is 1.20 bits per heavy atom. The quantitative estimate of drug-likeness (QED) is 0.737. The van der Waals surface area contributed by atoms with Crippen molar-refractivity contribution in [3.05, 3.63) is 18.2 Å². The van der Waals surface area contributed by atoms with Crippen molar-refractivity contribution in [2.24, 2.45) is 0 Å². The van der Waals surface area contributed by atoms with E-state index < -0.39 is 5.97 Å². The Kier molecular flexibility index (Phi) is 4.14. The third-order valence-corrected chi connectivity index (χ3v) is 2.68. The average molecular weight is 278 g/mol. The number of hydrogen-bond donors (Lipinski definition) is 0. The molecular weight excluding hydrogens is 264 g/mol. The van der Waals surface area contributed by atoms with Crippen molar-refractivity contribution < 1.29 is 19.0 Å². The number of aromatic nitrogens is 4. The molecule has 0 aliphatic carbocycles. The van der Waals surface area contributed by atoms with Crippen LogP contribution in [0.4, 0.5) is 0 Å². The summed E-state index contributed by atoms with van der Waals surface area (Å²) in [4.78, 5) is 11.3. The molecule has 2 aromatic rings. The predicted molar refractivity (Wildman–Crippen MR) is 68.4 cm³/mol. The molecule has 106 valence electrons. The molecule has 0 unspecified atom stereocenters. The summed E-state index contributed by atoms with van der Waals surface area (Å²) < 4.78 is 16.3. The molecule has 8 heteroatoms. The molecular formula is C12H14N4O4. The van der Waals surface area contributed by atoms with E-state index in [2.05, 4.69) is 20.3 Å². The minimum atomic E-state index is -0.431. The molecule has 2 rings (SSSR count). The van der Waals surface area contributed by atoms with Crippen LogP contribution in [0, 0.1) is 0 Å². The number of ether oxygens (including phenoxy) is 3. The lowest BCUT2D eigenvalue weighted by Crippen LogP contribution is -2.14. The van der Waals surface area contributed by atoms with Gasteiger partial charge in [0.25, 0.3) is 0 Å². The molecule has 1 heterocycles. The number of tetrazole rings is 1. The van der Waals surface area contributed by atoms with E-state index in [1.54, 1.807) is 32.4 Å². The Morgan fingerprint density at radius 2 is 1.95 bits per heavy atom. The molecule has 1 aromatic heterocycles. The van der Waals surface area contributed by atoms with Gasteiger partial charge in [0.1, 0.15) is 6.54 Å².